The summed E-state index contributed by atoms with van der Waals surface area (Å²) in [6, 6.07) is 12.0. The molecule has 0 atom stereocenters. The number of hydrogen-bond donors (Lipinski definition) is 3. The lowest BCUT2D eigenvalue weighted by Crippen LogP contribution is -2.19. The van der Waals surface area contributed by atoms with Crippen molar-refractivity contribution in [1.82, 2.24) is 0 Å². The van der Waals surface area contributed by atoms with Crippen LogP contribution in [0.5, 0.6) is 0 Å². The van der Waals surface area contributed by atoms with E-state index >= 15 is 0 Å². The van der Waals surface area contributed by atoms with E-state index in [9.17, 15) is 4.79 Å². The number of nitrogens with two attached hydrogens (primary N) is 1. The maximum absolute atomic E-state index is 11.8. The highest BCUT2D eigenvalue weighted by molar-refractivity contribution is 14.1. The summed E-state index contributed by atoms with van der Waals surface area (Å²) in [5.74, 6) is 0. The SMILES string of the molecule is Nc1cccc(NC(=O)Nc2ccc(I)cc2Cl)c1. The van der Waals surface area contributed by atoms with Crippen molar-refractivity contribution < 1.29 is 4.79 Å². The fourth-order valence-corrected chi connectivity index (χ4v) is 2.40. The Labute approximate surface area is 129 Å². The molecular formula is C13H11ClIN3O. The van der Waals surface area contributed by atoms with Crippen molar-refractivity contribution in [3.05, 3.63) is 51.1 Å². The quantitative estimate of drug-likeness (QED) is 0.535. The van der Waals surface area contributed by atoms with Gasteiger partial charge in [-0.05, 0) is 59.0 Å². The normalized spacial score (nSPS) is 10.0. The van der Waals surface area contributed by atoms with Gasteiger partial charge in [-0.25, -0.2) is 4.79 Å². The molecule has 0 aliphatic heterocycles. The highest BCUT2D eigenvalue weighted by Gasteiger charge is 2.06. The van der Waals surface area contributed by atoms with Gasteiger partial charge >= 0.3 is 6.03 Å². The Balaban J connectivity index is 2.05. The minimum atomic E-state index is -0.367. The number of urea groups is 1. The molecule has 0 radical (unpaired) electrons. The number of rotatable bonds is 2. The number of carbonyl (C=O) groups excluding carboxylic acids is 1. The van der Waals surface area contributed by atoms with Crippen LogP contribution in [0, 0.1) is 3.57 Å². The molecule has 0 fully saturated rings. The van der Waals surface area contributed by atoms with E-state index in [2.05, 4.69) is 33.2 Å². The number of nitrogen functional groups attached to an aromatic ring is 1. The molecule has 4 nitrogen and oxygen atoms in total. The lowest BCUT2D eigenvalue weighted by Gasteiger charge is -2.09. The average Bonchev–Trinajstić information content (AvgIpc) is 2.33. The highest BCUT2D eigenvalue weighted by Crippen LogP contribution is 2.24. The van der Waals surface area contributed by atoms with Crippen molar-refractivity contribution in [3.8, 4) is 0 Å². The van der Waals surface area contributed by atoms with Gasteiger partial charge in [-0.2, -0.15) is 0 Å². The van der Waals surface area contributed by atoms with Crippen LogP contribution in [0.1, 0.15) is 0 Å². The first-order chi connectivity index (χ1) is 9.04. The van der Waals surface area contributed by atoms with Crippen LogP contribution in [-0.2, 0) is 0 Å². The van der Waals surface area contributed by atoms with Crippen LogP contribution in [0.4, 0.5) is 21.9 Å². The van der Waals surface area contributed by atoms with Crippen LogP contribution in [0.3, 0.4) is 0 Å². The zero-order valence-corrected chi connectivity index (χ0v) is 12.7. The van der Waals surface area contributed by atoms with Gasteiger partial charge in [-0.3, -0.25) is 0 Å². The molecule has 0 aliphatic rings. The molecule has 2 aromatic rings. The number of nitrogens with one attached hydrogen (secondary N) is 2. The molecule has 0 saturated carbocycles. The second-order valence-electron chi connectivity index (χ2n) is 3.83. The Morgan fingerprint density at radius 3 is 2.63 bits per heavy atom. The van der Waals surface area contributed by atoms with Gasteiger partial charge in [0.1, 0.15) is 0 Å². The monoisotopic (exact) mass is 387 g/mol. The average molecular weight is 388 g/mol. The molecule has 0 saturated heterocycles. The Kier molecular flexibility index (Phi) is 4.49. The third-order valence-electron chi connectivity index (χ3n) is 2.32. The summed E-state index contributed by atoms with van der Waals surface area (Å²) in [5, 5.41) is 5.86. The van der Waals surface area contributed by atoms with E-state index in [1.54, 1.807) is 36.4 Å². The predicted molar refractivity (Wildman–Crippen MR) is 87.7 cm³/mol. The number of anilines is 3. The molecule has 19 heavy (non-hydrogen) atoms. The zero-order chi connectivity index (χ0) is 13.8. The molecule has 0 unspecified atom stereocenters. The summed E-state index contributed by atoms with van der Waals surface area (Å²) in [6.07, 6.45) is 0. The Morgan fingerprint density at radius 1 is 1.16 bits per heavy atom. The predicted octanol–water partition coefficient (Wildman–Crippen LogP) is 4.17. The molecule has 4 N–H and O–H groups in total. The Hall–Kier alpha value is -1.47. The third-order valence-corrected chi connectivity index (χ3v) is 3.31. The first-order valence-electron chi connectivity index (χ1n) is 5.43. The molecule has 2 amide bonds. The van der Waals surface area contributed by atoms with Gasteiger partial charge in [-0.1, -0.05) is 17.7 Å². The molecule has 2 rings (SSSR count). The largest absolute Gasteiger partial charge is 0.399 e. The van der Waals surface area contributed by atoms with Crippen molar-refractivity contribution in [2.45, 2.75) is 0 Å². The van der Waals surface area contributed by atoms with Crippen molar-refractivity contribution in [2.75, 3.05) is 16.4 Å². The van der Waals surface area contributed by atoms with E-state index in [1.165, 1.54) is 0 Å². The molecule has 0 heterocycles. The van der Waals surface area contributed by atoms with Crippen LogP contribution in [0.25, 0.3) is 0 Å². The molecule has 6 heteroatoms. The number of hydrogen-bond acceptors (Lipinski definition) is 2. The minimum Gasteiger partial charge on any atom is -0.399 e. The van der Waals surface area contributed by atoms with Crippen LogP contribution in [-0.4, -0.2) is 6.03 Å². The van der Waals surface area contributed by atoms with E-state index < -0.39 is 0 Å². The second-order valence-corrected chi connectivity index (χ2v) is 5.48. The van der Waals surface area contributed by atoms with Gasteiger partial charge in [0.2, 0.25) is 0 Å². The maximum atomic E-state index is 11.8. The van der Waals surface area contributed by atoms with Gasteiger partial charge in [0.15, 0.2) is 0 Å². The van der Waals surface area contributed by atoms with Gasteiger partial charge < -0.3 is 16.4 Å². The smallest absolute Gasteiger partial charge is 0.323 e. The Bertz CT molecular complexity index is 619. The second kappa shape index (κ2) is 6.12. The third kappa shape index (κ3) is 4.00. The van der Waals surface area contributed by atoms with Gasteiger partial charge in [0.25, 0.3) is 0 Å². The summed E-state index contributed by atoms with van der Waals surface area (Å²) in [5.41, 5.74) is 7.41. The molecule has 0 aromatic heterocycles. The van der Waals surface area contributed by atoms with Crippen LogP contribution in [0.15, 0.2) is 42.5 Å². The van der Waals surface area contributed by atoms with Crippen molar-refractivity contribution in [1.29, 1.82) is 0 Å². The van der Waals surface area contributed by atoms with Gasteiger partial charge in [0.05, 0.1) is 10.7 Å². The number of halogens is 2. The summed E-state index contributed by atoms with van der Waals surface area (Å²) in [4.78, 5) is 11.8. The standard InChI is InChI=1S/C13H11ClIN3O/c14-11-6-8(15)4-5-12(11)18-13(19)17-10-3-1-2-9(16)7-10/h1-7H,16H2,(H2,17,18,19). The van der Waals surface area contributed by atoms with Crippen LogP contribution < -0.4 is 16.4 Å². The maximum Gasteiger partial charge on any atom is 0.323 e. The summed E-state index contributed by atoms with van der Waals surface area (Å²) >= 11 is 8.19. The summed E-state index contributed by atoms with van der Waals surface area (Å²) in [6.45, 7) is 0. The summed E-state index contributed by atoms with van der Waals surface area (Å²) < 4.78 is 1.00. The van der Waals surface area contributed by atoms with E-state index in [4.69, 9.17) is 17.3 Å². The molecule has 0 spiro atoms. The lowest BCUT2D eigenvalue weighted by molar-refractivity contribution is 0.262. The zero-order valence-electron chi connectivity index (χ0n) is 9.78. The molecule has 98 valence electrons. The van der Waals surface area contributed by atoms with Crippen LogP contribution >= 0.6 is 34.2 Å². The summed E-state index contributed by atoms with van der Waals surface area (Å²) in [7, 11) is 0. The van der Waals surface area contributed by atoms with E-state index in [0.29, 0.717) is 22.1 Å². The van der Waals surface area contributed by atoms with Crippen molar-refractivity contribution >= 4 is 57.3 Å². The number of carbonyl (C=O) groups is 1. The highest BCUT2D eigenvalue weighted by atomic mass is 127. The first kappa shape index (κ1) is 14.0. The van der Waals surface area contributed by atoms with Crippen molar-refractivity contribution in [2.24, 2.45) is 0 Å². The van der Waals surface area contributed by atoms with E-state index in [-0.39, 0.29) is 6.03 Å². The minimum absolute atomic E-state index is 0.367. The van der Waals surface area contributed by atoms with Gasteiger partial charge in [0, 0.05) is 14.9 Å². The molecule has 0 aliphatic carbocycles. The molecular weight excluding hydrogens is 377 g/mol. The number of amides is 2. The van der Waals surface area contributed by atoms with E-state index in [1.807, 2.05) is 6.07 Å². The fourth-order valence-electron chi connectivity index (χ4n) is 1.49. The fraction of sp³-hybridized carbons (Fsp3) is 0. The van der Waals surface area contributed by atoms with E-state index in [0.717, 1.165) is 3.57 Å². The van der Waals surface area contributed by atoms with Gasteiger partial charge in [-0.15, -0.1) is 0 Å². The van der Waals surface area contributed by atoms with Crippen molar-refractivity contribution in [3.63, 3.8) is 0 Å². The lowest BCUT2D eigenvalue weighted by atomic mass is 10.3. The number of benzene rings is 2. The molecule has 2 aromatic carbocycles. The topological polar surface area (TPSA) is 67.1 Å². The molecule has 0 bridgehead atoms. The first-order valence-corrected chi connectivity index (χ1v) is 6.89. The Morgan fingerprint density at radius 2 is 1.95 bits per heavy atom. The van der Waals surface area contributed by atoms with Crippen LogP contribution in [0.2, 0.25) is 5.02 Å².